The van der Waals surface area contributed by atoms with Crippen molar-refractivity contribution in [3.05, 3.63) is 0 Å². The summed E-state index contributed by atoms with van der Waals surface area (Å²) in [6, 6.07) is 0. The topological polar surface area (TPSA) is 37.3 Å². The van der Waals surface area contributed by atoms with Crippen LogP contribution < -0.4 is 0 Å². The van der Waals surface area contributed by atoms with E-state index in [-0.39, 0.29) is 17.6 Å². The molecule has 1 saturated carbocycles. The highest BCUT2D eigenvalue weighted by atomic mass is 16.3. The van der Waals surface area contributed by atoms with Crippen molar-refractivity contribution in [2.24, 2.45) is 11.8 Å². The van der Waals surface area contributed by atoms with Crippen molar-refractivity contribution in [1.29, 1.82) is 0 Å². The third-order valence-corrected chi connectivity index (χ3v) is 3.68. The van der Waals surface area contributed by atoms with Gasteiger partial charge in [0, 0.05) is 12.3 Å². The predicted molar refractivity (Wildman–Crippen MR) is 57.0 cm³/mol. The predicted octanol–water partition coefficient (Wildman–Crippen LogP) is 2.54. The Balaban J connectivity index is 2.77. The Morgan fingerprint density at radius 3 is 2.57 bits per heavy atom. The van der Waals surface area contributed by atoms with E-state index < -0.39 is 5.60 Å². The Hall–Kier alpha value is -0.370. The number of Topliss-reactive ketones (excluding diaryl/α,β-unsaturated/α-hetero) is 1. The van der Waals surface area contributed by atoms with Gasteiger partial charge >= 0.3 is 0 Å². The molecule has 1 aliphatic carbocycles. The van der Waals surface area contributed by atoms with Gasteiger partial charge in [-0.05, 0) is 25.7 Å². The first-order chi connectivity index (χ1) is 6.46. The van der Waals surface area contributed by atoms with Crippen LogP contribution in [0.25, 0.3) is 0 Å². The first kappa shape index (κ1) is 11.7. The molecule has 2 unspecified atom stereocenters. The van der Waals surface area contributed by atoms with Crippen molar-refractivity contribution in [3.8, 4) is 0 Å². The molecule has 2 nitrogen and oxygen atoms in total. The summed E-state index contributed by atoms with van der Waals surface area (Å²) in [5.74, 6) is 0.278. The average molecular weight is 198 g/mol. The van der Waals surface area contributed by atoms with E-state index in [0.29, 0.717) is 6.42 Å². The summed E-state index contributed by atoms with van der Waals surface area (Å²) in [7, 11) is 0. The zero-order valence-corrected chi connectivity index (χ0v) is 9.55. The van der Waals surface area contributed by atoms with E-state index in [1.54, 1.807) is 0 Å². The van der Waals surface area contributed by atoms with Crippen LogP contribution in [0.3, 0.4) is 0 Å². The number of carbonyl (C=O) groups excluding carboxylic acids is 1. The fourth-order valence-corrected chi connectivity index (χ4v) is 2.18. The fourth-order valence-electron chi connectivity index (χ4n) is 2.18. The fraction of sp³-hybridized carbons (Fsp3) is 0.917. The number of aliphatic hydroxyl groups is 1. The average Bonchev–Trinajstić information content (AvgIpc) is 2.29. The Bertz CT molecular complexity index is 206. The second kappa shape index (κ2) is 4.43. The van der Waals surface area contributed by atoms with Gasteiger partial charge in [0.1, 0.15) is 5.78 Å². The third-order valence-electron chi connectivity index (χ3n) is 3.68. The van der Waals surface area contributed by atoms with Crippen LogP contribution in [0.1, 0.15) is 52.9 Å². The van der Waals surface area contributed by atoms with Crippen LogP contribution in [0.2, 0.25) is 0 Å². The molecule has 0 bridgehead atoms. The van der Waals surface area contributed by atoms with Gasteiger partial charge in [-0.25, -0.2) is 0 Å². The van der Waals surface area contributed by atoms with Crippen molar-refractivity contribution in [2.75, 3.05) is 0 Å². The minimum Gasteiger partial charge on any atom is -0.389 e. The molecule has 0 amide bonds. The van der Waals surface area contributed by atoms with Crippen LogP contribution in [-0.4, -0.2) is 16.5 Å². The normalized spacial score (nSPS) is 28.6. The molecule has 0 aromatic rings. The van der Waals surface area contributed by atoms with Crippen LogP contribution in [0, 0.1) is 11.8 Å². The standard InChI is InChI=1S/C12H22O2/c1-9(2)12(3,14)10-7-5-4-6-8-11(10)13/h9-10,14H,4-8H2,1-3H3. The van der Waals surface area contributed by atoms with Crippen molar-refractivity contribution in [3.63, 3.8) is 0 Å². The van der Waals surface area contributed by atoms with Gasteiger partial charge in [-0.15, -0.1) is 0 Å². The van der Waals surface area contributed by atoms with E-state index in [2.05, 4.69) is 0 Å². The van der Waals surface area contributed by atoms with E-state index >= 15 is 0 Å². The Morgan fingerprint density at radius 2 is 2.00 bits per heavy atom. The van der Waals surface area contributed by atoms with Gasteiger partial charge in [0.05, 0.1) is 5.60 Å². The van der Waals surface area contributed by atoms with Crippen LogP contribution in [0.15, 0.2) is 0 Å². The molecule has 0 radical (unpaired) electrons. The molecule has 0 aliphatic heterocycles. The maximum atomic E-state index is 11.8. The molecule has 2 heteroatoms. The number of ketones is 1. The van der Waals surface area contributed by atoms with Gasteiger partial charge in [-0.3, -0.25) is 4.79 Å². The van der Waals surface area contributed by atoms with Crippen molar-refractivity contribution in [1.82, 2.24) is 0 Å². The van der Waals surface area contributed by atoms with E-state index in [9.17, 15) is 9.90 Å². The summed E-state index contributed by atoms with van der Waals surface area (Å²) < 4.78 is 0. The molecule has 0 saturated heterocycles. The largest absolute Gasteiger partial charge is 0.389 e. The summed E-state index contributed by atoms with van der Waals surface area (Å²) in [6.07, 6.45) is 4.75. The highest BCUT2D eigenvalue weighted by Crippen LogP contribution is 2.33. The molecule has 0 aromatic carbocycles. The minimum absolute atomic E-state index is 0.134. The lowest BCUT2D eigenvalue weighted by atomic mass is 9.76. The Kier molecular flexibility index (Phi) is 3.71. The molecule has 14 heavy (non-hydrogen) atoms. The molecule has 1 fully saturated rings. The first-order valence-corrected chi connectivity index (χ1v) is 5.71. The van der Waals surface area contributed by atoms with Gasteiger partial charge in [0.2, 0.25) is 0 Å². The summed E-state index contributed by atoms with van der Waals surface area (Å²) in [5, 5.41) is 10.3. The van der Waals surface area contributed by atoms with Gasteiger partial charge in [-0.2, -0.15) is 0 Å². The van der Waals surface area contributed by atoms with Gasteiger partial charge in [0.15, 0.2) is 0 Å². The molecular weight excluding hydrogens is 176 g/mol. The smallest absolute Gasteiger partial charge is 0.138 e. The van der Waals surface area contributed by atoms with E-state index in [1.807, 2.05) is 20.8 Å². The minimum atomic E-state index is -0.818. The third kappa shape index (κ3) is 2.35. The van der Waals surface area contributed by atoms with Crippen LogP contribution in [-0.2, 0) is 4.79 Å². The number of carbonyl (C=O) groups is 1. The van der Waals surface area contributed by atoms with E-state index in [1.165, 1.54) is 0 Å². The lowest BCUT2D eigenvalue weighted by molar-refractivity contribution is -0.134. The molecule has 0 heterocycles. The molecule has 0 spiro atoms. The van der Waals surface area contributed by atoms with Crippen LogP contribution in [0.5, 0.6) is 0 Å². The van der Waals surface area contributed by atoms with Crippen molar-refractivity contribution >= 4 is 5.78 Å². The quantitative estimate of drug-likeness (QED) is 0.692. The number of rotatable bonds is 2. The Labute approximate surface area is 86.7 Å². The summed E-state index contributed by atoms with van der Waals surface area (Å²) in [6.45, 7) is 5.78. The summed E-state index contributed by atoms with van der Waals surface area (Å²) in [5.41, 5.74) is -0.818. The zero-order chi connectivity index (χ0) is 10.8. The van der Waals surface area contributed by atoms with E-state index in [4.69, 9.17) is 0 Å². The molecule has 82 valence electrons. The summed E-state index contributed by atoms with van der Waals surface area (Å²) in [4.78, 5) is 11.8. The SMILES string of the molecule is CC(C)C(C)(O)C1CCCCCC1=O. The maximum absolute atomic E-state index is 11.8. The number of hydrogen-bond acceptors (Lipinski definition) is 2. The lowest BCUT2D eigenvalue weighted by Gasteiger charge is -2.34. The molecular formula is C12H22O2. The van der Waals surface area contributed by atoms with Gasteiger partial charge in [0.25, 0.3) is 0 Å². The second-order valence-electron chi connectivity index (χ2n) is 5.00. The monoisotopic (exact) mass is 198 g/mol. The zero-order valence-electron chi connectivity index (χ0n) is 9.55. The van der Waals surface area contributed by atoms with Crippen LogP contribution >= 0.6 is 0 Å². The van der Waals surface area contributed by atoms with Crippen LogP contribution in [0.4, 0.5) is 0 Å². The molecule has 1 rings (SSSR count). The van der Waals surface area contributed by atoms with Gasteiger partial charge < -0.3 is 5.11 Å². The second-order valence-corrected chi connectivity index (χ2v) is 5.00. The molecule has 2 atom stereocenters. The number of hydrogen-bond donors (Lipinski definition) is 1. The van der Waals surface area contributed by atoms with E-state index in [0.717, 1.165) is 25.7 Å². The summed E-state index contributed by atoms with van der Waals surface area (Å²) >= 11 is 0. The Morgan fingerprint density at radius 1 is 1.36 bits per heavy atom. The molecule has 1 N–H and O–H groups in total. The van der Waals surface area contributed by atoms with Crippen molar-refractivity contribution in [2.45, 2.75) is 58.5 Å². The maximum Gasteiger partial charge on any atom is 0.138 e. The lowest BCUT2D eigenvalue weighted by Crippen LogP contribution is -2.43. The molecule has 0 aromatic heterocycles. The van der Waals surface area contributed by atoms with Gasteiger partial charge in [-0.1, -0.05) is 26.7 Å². The highest BCUT2D eigenvalue weighted by molar-refractivity contribution is 5.82. The highest BCUT2D eigenvalue weighted by Gasteiger charge is 2.39. The first-order valence-electron chi connectivity index (χ1n) is 5.71. The van der Waals surface area contributed by atoms with Crippen molar-refractivity contribution < 1.29 is 9.90 Å². The molecule has 1 aliphatic rings.